The number of aromatic nitrogens is 1. The van der Waals surface area contributed by atoms with E-state index < -0.39 is 9.84 Å². The highest BCUT2D eigenvalue weighted by molar-refractivity contribution is 7.91. The summed E-state index contributed by atoms with van der Waals surface area (Å²) in [6.07, 6.45) is 8.49. The molecule has 7 nitrogen and oxygen atoms in total. The van der Waals surface area contributed by atoms with Crippen LogP contribution in [0, 0.1) is 0 Å². The fourth-order valence-electron chi connectivity index (χ4n) is 6.10. The van der Waals surface area contributed by atoms with Crippen LogP contribution in [0.2, 0.25) is 0 Å². The summed E-state index contributed by atoms with van der Waals surface area (Å²) in [7, 11) is -3.36. The summed E-state index contributed by atoms with van der Waals surface area (Å²) < 4.78 is 25.0. The van der Waals surface area contributed by atoms with Crippen LogP contribution in [0.4, 0.5) is 5.69 Å². The van der Waals surface area contributed by atoms with Gasteiger partial charge in [0.05, 0.1) is 16.2 Å². The molecule has 1 aromatic carbocycles. The Morgan fingerprint density at radius 1 is 1.11 bits per heavy atom. The van der Waals surface area contributed by atoms with Gasteiger partial charge in [-0.2, -0.15) is 0 Å². The Labute approximate surface area is 214 Å². The third-order valence-corrected chi connectivity index (χ3v) is 9.51. The van der Waals surface area contributed by atoms with Crippen LogP contribution in [0.5, 0.6) is 0 Å². The molecule has 1 fully saturated rings. The fourth-order valence-corrected chi connectivity index (χ4v) is 7.01. The molecule has 1 saturated heterocycles. The molecule has 0 saturated carbocycles. The zero-order valence-electron chi connectivity index (χ0n) is 21.6. The fraction of sp³-hybridized carbons (Fsp3) is 0.536. The van der Waals surface area contributed by atoms with Gasteiger partial charge in [-0.05, 0) is 94.3 Å². The van der Waals surface area contributed by atoms with Gasteiger partial charge in [0.1, 0.15) is 0 Å². The Balaban J connectivity index is 1.44. The zero-order valence-corrected chi connectivity index (χ0v) is 22.4. The second-order valence-electron chi connectivity index (χ2n) is 10.6. The predicted molar refractivity (Wildman–Crippen MR) is 145 cm³/mol. The van der Waals surface area contributed by atoms with E-state index >= 15 is 0 Å². The number of sulfone groups is 1. The molecule has 0 radical (unpaired) electrons. The van der Waals surface area contributed by atoms with E-state index in [9.17, 15) is 13.2 Å². The van der Waals surface area contributed by atoms with Crippen molar-refractivity contribution < 1.29 is 13.2 Å². The molecule has 2 unspecified atom stereocenters. The van der Waals surface area contributed by atoms with Crippen molar-refractivity contribution in [3.05, 3.63) is 46.3 Å². The van der Waals surface area contributed by atoms with Crippen molar-refractivity contribution in [1.82, 2.24) is 15.2 Å². The Morgan fingerprint density at radius 3 is 2.61 bits per heavy atom. The Kier molecular flexibility index (Phi) is 7.12. The number of hydrogen-bond donors (Lipinski definition) is 3. The minimum atomic E-state index is -3.36. The molecule has 3 aliphatic rings. The van der Waals surface area contributed by atoms with Crippen molar-refractivity contribution in [2.75, 3.05) is 30.7 Å². The quantitative estimate of drug-likeness (QED) is 0.493. The van der Waals surface area contributed by atoms with E-state index in [0.29, 0.717) is 28.9 Å². The van der Waals surface area contributed by atoms with E-state index in [1.54, 1.807) is 25.1 Å². The first-order valence-corrected chi connectivity index (χ1v) is 15.0. The van der Waals surface area contributed by atoms with Gasteiger partial charge in [0, 0.05) is 47.8 Å². The summed E-state index contributed by atoms with van der Waals surface area (Å²) in [6, 6.07) is 5.95. The van der Waals surface area contributed by atoms with Gasteiger partial charge in [-0.25, -0.2) is 8.42 Å². The predicted octanol–water partition coefficient (Wildman–Crippen LogP) is 3.79. The molecule has 194 valence electrons. The number of fused-ring (bicyclic) bond motifs is 2. The molecule has 3 heterocycles. The van der Waals surface area contributed by atoms with E-state index in [-0.39, 0.29) is 16.6 Å². The maximum atomic E-state index is 12.9. The Bertz CT molecular complexity index is 1280. The first-order chi connectivity index (χ1) is 17.2. The molecule has 0 bridgehead atoms. The molecule has 1 amide bonds. The van der Waals surface area contributed by atoms with E-state index in [0.717, 1.165) is 51.0 Å². The molecule has 36 heavy (non-hydrogen) atoms. The van der Waals surface area contributed by atoms with Gasteiger partial charge in [0.2, 0.25) is 0 Å². The second-order valence-corrected chi connectivity index (χ2v) is 12.9. The number of anilines is 1. The molecule has 0 spiro atoms. The third kappa shape index (κ3) is 5.04. The number of nitrogens with zero attached hydrogens (tertiary/aromatic N) is 1. The van der Waals surface area contributed by atoms with Crippen molar-refractivity contribution in [3.63, 3.8) is 0 Å². The van der Waals surface area contributed by atoms with Gasteiger partial charge in [0.15, 0.2) is 9.84 Å². The first-order valence-electron chi connectivity index (χ1n) is 13.4. The van der Waals surface area contributed by atoms with Crippen molar-refractivity contribution >= 4 is 33.1 Å². The highest BCUT2D eigenvalue weighted by atomic mass is 32.2. The smallest absolute Gasteiger partial charge is 0.256 e. The number of aryl methyl sites for hydroxylation is 1. The lowest BCUT2D eigenvalue weighted by Crippen LogP contribution is -2.54. The lowest BCUT2D eigenvalue weighted by Gasteiger charge is -2.36. The minimum Gasteiger partial charge on any atom is -0.358 e. The van der Waals surface area contributed by atoms with E-state index in [1.807, 2.05) is 6.08 Å². The van der Waals surface area contributed by atoms with Gasteiger partial charge in [-0.15, -0.1) is 0 Å². The average molecular weight is 511 g/mol. The van der Waals surface area contributed by atoms with Crippen LogP contribution in [0.3, 0.4) is 0 Å². The van der Waals surface area contributed by atoms with Crippen molar-refractivity contribution in [1.29, 1.82) is 0 Å². The SMILES string of the molecule is CCS(=O)(=O)c1ccc2c(c1)/C(=C/c1[nH]c3c(c1CCCN1CC(C)NC(C)C1)CCCC3)C(=O)N2. The number of amides is 1. The van der Waals surface area contributed by atoms with E-state index in [2.05, 4.69) is 34.4 Å². The van der Waals surface area contributed by atoms with Crippen LogP contribution in [-0.2, 0) is 33.9 Å². The van der Waals surface area contributed by atoms with Crippen molar-refractivity contribution in [2.24, 2.45) is 0 Å². The third-order valence-electron chi connectivity index (χ3n) is 7.78. The molecule has 2 aromatic rings. The first kappa shape index (κ1) is 25.2. The maximum absolute atomic E-state index is 12.9. The number of carbonyl (C=O) groups excluding carboxylic acids is 1. The van der Waals surface area contributed by atoms with E-state index in [1.165, 1.54) is 29.7 Å². The molecule has 8 heteroatoms. The molecule has 2 aliphatic heterocycles. The van der Waals surface area contributed by atoms with E-state index in [4.69, 9.17) is 0 Å². The number of H-pyrrole nitrogens is 1. The summed E-state index contributed by atoms with van der Waals surface area (Å²) >= 11 is 0. The van der Waals surface area contributed by atoms with Crippen LogP contribution in [0.1, 0.15) is 68.1 Å². The molecule has 3 N–H and O–H groups in total. The molecule has 1 aliphatic carbocycles. The summed E-state index contributed by atoms with van der Waals surface area (Å²) in [5.41, 5.74) is 6.92. The second kappa shape index (κ2) is 10.1. The molecular weight excluding hydrogens is 472 g/mol. The standard InChI is InChI=1S/C28H38N4O3S/c1-4-36(34,35)20-11-12-26-23(14-20)24(28(33)31-26)15-27-22(21-8-5-6-10-25(21)30-27)9-7-13-32-16-18(2)29-19(3)17-32/h11-12,14-15,18-19,29-30H,4-10,13,16-17H2,1-3H3,(H,31,33)/b24-15-. The van der Waals surface area contributed by atoms with Gasteiger partial charge in [-0.3, -0.25) is 4.79 Å². The van der Waals surface area contributed by atoms with Gasteiger partial charge in [0.25, 0.3) is 5.91 Å². The number of piperazine rings is 1. The van der Waals surface area contributed by atoms with Gasteiger partial charge < -0.3 is 20.5 Å². The summed E-state index contributed by atoms with van der Waals surface area (Å²) in [4.78, 5) is 19.4. The van der Waals surface area contributed by atoms with Gasteiger partial charge in [-0.1, -0.05) is 6.92 Å². The normalized spacial score (nSPS) is 23.5. The largest absolute Gasteiger partial charge is 0.358 e. The van der Waals surface area contributed by atoms with Crippen LogP contribution in [-0.4, -0.2) is 61.7 Å². The Hall–Kier alpha value is -2.42. The summed E-state index contributed by atoms with van der Waals surface area (Å²) in [6.45, 7) is 9.35. The monoisotopic (exact) mass is 510 g/mol. The zero-order chi connectivity index (χ0) is 25.4. The molecular formula is C28H38N4O3S. The highest BCUT2D eigenvalue weighted by Gasteiger charge is 2.28. The van der Waals surface area contributed by atoms with Crippen LogP contribution in [0.15, 0.2) is 23.1 Å². The number of benzene rings is 1. The average Bonchev–Trinajstić information content (AvgIpc) is 3.35. The Morgan fingerprint density at radius 2 is 1.86 bits per heavy atom. The van der Waals surface area contributed by atoms with Crippen molar-refractivity contribution in [3.8, 4) is 0 Å². The number of rotatable bonds is 7. The highest BCUT2D eigenvalue weighted by Crippen LogP contribution is 2.37. The number of aromatic amines is 1. The van der Waals surface area contributed by atoms with Crippen molar-refractivity contribution in [2.45, 2.75) is 76.3 Å². The molecule has 2 atom stereocenters. The van der Waals surface area contributed by atoms with Crippen LogP contribution < -0.4 is 10.6 Å². The number of nitrogens with one attached hydrogen (secondary N) is 3. The maximum Gasteiger partial charge on any atom is 0.256 e. The number of carbonyl (C=O) groups is 1. The lowest BCUT2D eigenvalue weighted by molar-refractivity contribution is -0.110. The molecule has 5 rings (SSSR count). The van der Waals surface area contributed by atoms with Crippen LogP contribution >= 0.6 is 0 Å². The van der Waals surface area contributed by atoms with Crippen LogP contribution in [0.25, 0.3) is 11.6 Å². The summed E-state index contributed by atoms with van der Waals surface area (Å²) in [5, 5.41) is 6.51. The molecule has 1 aromatic heterocycles. The summed E-state index contributed by atoms with van der Waals surface area (Å²) in [5.74, 6) is -0.150. The lowest BCUT2D eigenvalue weighted by atomic mass is 9.92. The topological polar surface area (TPSA) is 94.3 Å². The minimum absolute atomic E-state index is 0.0321. The van der Waals surface area contributed by atoms with Gasteiger partial charge >= 0.3 is 0 Å². The number of hydrogen-bond acceptors (Lipinski definition) is 5.